The Kier molecular flexibility index (Phi) is 4.95. The van der Waals surface area contributed by atoms with E-state index in [4.69, 9.17) is 4.74 Å². The van der Waals surface area contributed by atoms with Gasteiger partial charge in [0, 0.05) is 38.0 Å². The summed E-state index contributed by atoms with van der Waals surface area (Å²) in [7, 11) is 1.76. The van der Waals surface area contributed by atoms with Crippen LogP contribution in [0.4, 0.5) is 0 Å². The summed E-state index contributed by atoms with van der Waals surface area (Å²) in [4.78, 5) is 28.2. The van der Waals surface area contributed by atoms with Gasteiger partial charge in [-0.2, -0.15) is 0 Å². The van der Waals surface area contributed by atoms with Crippen LogP contribution in [0.5, 0.6) is 0 Å². The van der Waals surface area contributed by atoms with Crippen LogP contribution in [0.25, 0.3) is 0 Å². The van der Waals surface area contributed by atoms with Gasteiger partial charge in [0.25, 0.3) is 5.91 Å². The molecule has 110 valence electrons. The summed E-state index contributed by atoms with van der Waals surface area (Å²) in [5.41, 5.74) is 0.917. The summed E-state index contributed by atoms with van der Waals surface area (Å²) in [6, 6.07) is 2.83. The van der Waals surface area contributed by atoms with Crippen LogP contribution in [0, 0.1) is 6.92 Å². The largest absolute Gasteiger partial charge is 0.378 e. The summed E-state index contributed by atoms with van der Waals surface area (Å²) >= 11 is 0. The number of nitrogens with zero attached hydrogens (tertiary/aromatic N) is 1. The van der Waals surface area contributed by atoms with Crippen LogP contribution in [0.15, 0.2) is 16.9 Å². The Balaban J connectivity index is 1.86. The Morgan fingerprint density at radius 3 is 2.95 bits per heavy atom. The highest BCUT2D eigenvalue weighted by Gasteiger charge is 2.17. The lowest BCUT2D eigenvalue weighted by atomic mass is 10.1. The summed E-state index contributed by atoms with van der Waals surface area (Å²) in [5.74, 6) is -0.141. The topological polar surface area (TPSA) is 62.4 Å². The number of ether oxygens (including phenoxy) is 1. The molecule has 1 aromatic heterocycles. The molecule has 2 rings (SSSR count). The number of carbonyl (C=O) groups excluding carboxylic acids is 1. The first-order valence-corrected chi connectivity index (χ1v) is 7.14. The van der Waals surface area contributed by atoms with E-state index in [-0.39, 0.29) is 11.3 Å². The molecule has 0 saturated carbocycles. The van der Waals surface area contributed by atoms with Gasteiger partial charge in [0.05, 0.1) is 6.10 Å². The van der Waals surface area contributed by atoms with Crippen molar-refractivity contribution in [3.63, 3.8) is 0 Å². The molecule has 1 aliphatic heterocycles. The van der Waals surface area contributed by atoms with Crippen molar-refractivity contribution in [2.45, 2.75) is 38.7 Å². The second-order valence-corrected chi connectivity index (χ2v) is 5.42. The van der Waals surface area contributed by atoms with Crippen molar-refractivity contribution in [1.29, 1.82) is 0 Å². The van der Waals surface area contributed by atoms with Gasteiger partial charge < -0.3 is 14.6 Å². The average Bonchev–Trinajstić information content (AvgIpc) is 2.89. The van der Waals surface area contributed by atoms with Crippen molar-refractivity contribution >= 4 is 5.91 Å². The lowest BCUT2D eigenvalue weighted by Crippen LogP contribution is -2.30. The molecule has 0 aromatic carbocycles. The standard InChI is InChI=1S/C15H22N2O3/c1-11-9-12(18)10-14(16-11)15(19)17(2)7-3-5-13-6-4-8-20-13/h9-10,13H,3-8H2,1-2H3,(H,16,18). The summed E-state index contributed by atoms with van der Waals surface area (Å²) in [6.07, 6.45) is 4.54. The molecule has 1 fully saturated rings. The molecular formula is C15H22N2O3. The predicted molar refractivity (Wildman–Crippen MR) is 77.0 cm³/mol. The number of aryl methyl sites for hydroxylation is 1. The van der Waals surface area contributed by atoms with Crippen molar-refractivity contribution in [2.75, 3.05) is 20.2 Å². The van der Waals surface area contributed by atoms with Gasteiger partial charge in [0.2, 0.25) is 0 Å². The van der Waals surface area contributed by atoms with Gasteiger partial charge in [-0.3, -0.25) is 9.59 Å². The molecule has 1 amide bonds. The van der Waals surface area contributed by atoms with E-state index >= 15 is 0 Å². The SMILES string of the molecule is Cc1cc(=O)cc(C(=O)N(C)CCCC2CCCO2)[nH]1. The number of hydrogen-bond donors (Lipinski definition) is 1. The Hall–Kier alpha value is -1.62. The number of rotatable bonds is 5. The van der Waals surface area contributed by atoms with Crippen LogP contribution < -0.4 is 5.43 Å². The Bertz CT molecular complexity index is 518. The van der Waals surface area contributed by atoms with Crippen LogP contribution in [0.1, 0.15) is 41.9 Å². The fourth-order valence-electron chi connectivity index (χ4n) is 2.53. The van der Waals surface area contributed by atoms with E-state index in [0.717, 1.165) is 32.3 Å². The monoisotopic (exact) mass is 278 g/mol. The number of carbonyl (C=O) groups is 1. The summed E-state index contributed by atoms with van der Waals surface area (Å²) < 4.78 is 5.56. The highest BCUT2D eigenvalue weighted by molar-refractivity contribution is 5.92. The van der Waals surface area contributed by atoms with Crippen molar-refractivity contribution in [3.8, 4) is 0 Å². The van der Waals surface area contributed by atoms with Gasteiger partial charge in [-0.05, 0) is 32.6 Å². The third-order valence-corrected chi connectivity index (χ3v) is 3.60. The molecule has 5 heteroatoms. The van der Waals surface area contributed by atoms with Crippen molar-refractivity contribution in [1.82, 2.24) is 9.88 Å². The molecule has 20 heavy (non-hydrogen) atoms. The maximum atomic E-state index is 12.2. The number of aromatic amines is 1. The van der Waals surface area contributed by atoms with E-state index in [1.165, 1.54) is 12.1 Å². The maximum absolute atomic E-state index is 12.2. The zero-order valence-corrected chi connectivity index (χ0v) is 12.1. The first kappa shape index (κ1) is 14.8. The van der Waals surface area contributed by atoms with Gasteiger partial charge in [0.1, 0.15) is 5.69 Å². The number of amides is 1. The van der Waals surface area contributed by atoms with E-state index in [1.54, 1.807) is 18.9 Å². The molecule has 1 aromatic rings. The van der Waals surface area contributed by atoms with Crippen LogP contribution in [0.3, 0.4) is 0 Å². The number of hydrogen-bond acceptors (Lipinski definition) is 3. The summed E-state index contributed by atoms with van der Waals surface area (Å²) in [6.45, 7) is 3.31. The quantitative estimate of drug-likeness (QED) is 0.892. The van der Waals surface area contributed by atoms with Gasteiger partial charge in [-0.1, -0.05) is 0 Å². The highest BCUT2D eigenvalue weighted by Crippen LogP contribution is 2.16. The molecule has 0 aliphatic carbocycles. The third-order valence-electron chi connectivity index (χ3n) is 3.60. The summed E-state index contributed by atoms with van der Waals surface area (Å²) in [5, 5.41) is 0. The van der Waals surface area contributed by atoms with E-state index in [9.17, 15) is 9.59 Å². The fourth-order valence-corrected chi connectivity index (χ4v) is 2.53. The minimum absolute atomic E-state index is 0.141. The van der Waals surface area contributed by atoms with Crippen LogP contribution in [-0.2, 0) is 4.74 Å². The number of nitrogens with one attached hydrogen (secondary N) is 1. The average molecular weight is 278 g/mol. The first-order chi connectivity index (χ1) is 9.56. The minimum Gasteiger partial charge on any atom is -0.378 e. The first-order valence-electron chi connectivity index (χ1n) is 7.14. The molecule has 0 radical (unpaired) electrons. The van der Waals surface area contributed by atoms with Crippen LogP contribution in [0.2, 0.25) is 0 Å². The maximum Gasteiger partial charge on any atom is 0.270 e. The molecule has 1 saturated heterocycles. The Morgan fingerprint density at radius 1 is 1.50 bits per heavy atom. The normalized spacial score (nSPS) is 18.2. The van der Waals surface area contributed by atoms with Crippen LogP contribution >= 0.6 is 0 Å². The zero-order valence-electron chi connectivity index (χ0n) is 12.1. The van der Waals surface area contributed by atoms with Gasteiger partial charge >= 0.3 is 0 Å². The lowest BCUT2D eigenvalue weighted by molar-refractivity contribution is 0.0757. The van der Waals surface area contributed by atoms with Gasteiger partial charge in [-0.15, -0.1) is 0 Å². The third kappa shape index (κ3) is 3.93. The number of H-pyrrole nitrogens is 1. The predicted octanol–water partition coefficient (Wildman–Crippen LogP) is 1.71. The molecule has 1 unspecified atom stereocenters. The lowest BCUT2D eigenvalue weighted by Gasteiger charge is -2.18. The second-order valence-electron chi connectivity index (χ2n) is 5.42. The van der Waals surface area contributed by atoms with Crippen LogP contribution in [-0.4, -0.2) is 42.1 Å². The zero-order chi connectivity index (χ0) is 14.5. The molecule has 0 spiro atoms. The number of pyridine rings is 1. The number of aromatic nitrogens is 1. The Labute approximate surface area is 118 Å². The molecular weight excluding hydrogens is 256 g/mol. The molecule has 1 aliphatic rings. The van der Waals surface area contributed by atoms with Crippen molar-refractivity contribution < 1.29 is 9.53 Å². The highest BCUT2D eigenvalue weighted by atomic mass is 16.5. The van der Waals surface area contributed by atoms with E-state index < -0.39 is 0 Å². The van der Waals surface area contributed by atoms with Gasteiger partial charge in [0.15, 0.2) is 5.43 Å². The van der Waals surface area contributed by atoms with E-state index in [1.807, 2.05) is 0 Å². The molecule has 2 heterocycles. The van der Waals surface area contributed by atoms with Crippen molar-refractivity contribution in [2.24, 2.45) is 0 Å². The molecule has 5 nitrogen and oxygen atoms in total. The smallest absolute Gasteiger partial charge is 0.270 e. The molecule has 1 atom stereocenters. The molecule has 0 bridgehead atoms. The molecule has 1 N–H and O–H groups in total. The second kappa shape index (κ2) is 6.70. The fraction of sp³-hybridized carbons (Fsp3) is 0.600. The minimum atomic E-state index is -0.141. The van der Waals surface area contributed by atoms with E-state index in [0.29, 0.717) is 24.0 Å². The van der Waals surface area contributed by atoms with E-state index in [2.05, 4.69) is 4.98 Å². The Morgan fingerprint density at radius 2 is 2.30 bits per heavy atom. The van der Waals surface area contributed by atoms with Gasteiger partial charge in [-0.25, -0.2) is 0 Å². The van der Waals surface area contributed by atoms with Crippen molar-refractivity contribution in [3.05, 3.63) is 33.7 Å².